The zero-order valence-electron chi connectivity index (χ0n) is 32.1. The fourth-order valence-electron chi connectivity index (χ4n) is 8.61. The molecule has 0 atom stereocenters. The van der Waals surface area contributed by atoms with Gasteiger partial charge in [0.15, 0.2) is 17.5 Å². The van der Waals surface area contributed by atoms with E-state index >= 15 is 0 Å². The highest BCUT2D eigenvalue weighted by Crippen LogP contribution is 2.41. The number of furan rings is 1. The molecule has 9 heteroatoms. The maximum Gasteiger partial charge on any atom is 0.164 e. The second-order valence-corrected chi connectivity index (χ2v) is 15.0. The van der Waals surface area contributed by atoms with Gasteiger partial charge in [0.05, 0.1) is 0 Å². The molecule has 0 N–H and O–H groups in total. The third kappa shape index (κ3) is 5.72. The van der Waals surface area contributed by atoms with Crippen LogP contribution >= 0.6 is 0 Å². The Kier molecular flexibility index (Phi) is 8.42. The zero-order valence-corrected chi connectivity index (χ0v) is 32.1. The molecule has 0 saturated carbocycles. The summed E-state index contributed by atoms with van der Waals surface area (Å²) >= 11 is 0. The molecular weight excluding hydrogens is 725 g/mol. The molecule has 0 amide bonds. The largest absolute Gasteiger partial charge is 0.456 e. The van der Waals surface area contributed by atoms with Crippen molar-refractivity contribution in [1.29, 1.82) is 0 Å². The number of hydrogen-bond donors (Lipinski definition) is 0. The second-order valence-electron chi connectivity index (χ2n) is 15.0. The van der Waals surface area contributed by atoms with E-state index in [1.54, 1.807) is 0 Å². The standard InChI is InChI=1S/C51H26B5N3O/c52-44-42(45(53)47(55)48(56)46(44)54)29-12-8-13-30(24-29)50-57-49(27-10-2-1-3-11-27)58-51(59-50)31-21-23-38-41(26-31)60-40-19-9-18-32(43(38)40)28-20-22-37-35-16-5-4-14-33(35)34-15-6-7-17-36(34)39(37)25-28/h1-26H. The van der Waals surface area contributed by atoms with Gasteiger partial charge in [0, 0.05) is 27.5 Å². The zero-order chi connectivity index (χ0) is 40.6. The Labute approximate surface area is 352 Å². The predicted octanol–water partition coefficient (Wildman–Crippen LogP) is 7.53. The van der Waals surface area contributed by atoms with E-state index in [-0.39, 0.29) is 27.3 Å². The monoisotopic (exact) mass is 751 g/mol. The van der Waals surface area contributed by atoms with Crippen LogP contribution in [0.5, 0.6) is 0 Å². The van der Waals surface area contributed by atoms with Gasteiger partial charge in [-0.2, -0.15) is 0 Å². The van der Waals surface area contributed by atoms with Gasteiger partial charge < -0.3 is 4.42 Å². The average molecular weight is 751 g/mol. The molecule has 11 rings (SSSR count). The lowest BCUT2D eigenvalue weighted by Gasteiger charge is -2.21. The molecule has 11 aromatic rings. The second kappa shape index (κ2) is 14.0. The molecule has 0 unspecified atom stereocenters. The number of hydrogen-bond acceptors (Lipinski definition) is 4. The van der Waals surface area contributed by atoms with Gasteiger partial charge in [0.25, 0.3) is 0 Å². The maximum atomic E-state index is 6.61. The normalized spacial score (nSPS) is 11.7. The van der Waals surface area contributed by atoms with Crippen LogP contribution in [0.4, 0.5) is 0 Å². The highest BCUT2D eigenvalue weighted by Gasteiger charge is 2.19. The first-order valence-electron chi connectivity index (χ1n) is 19.6. The maximum absolute atomic E-state index is 6.61. The van der Waals surface area contributed by atoms with E-state index in [0.717, 1.165) is 44.2 Å². The van der Waals surface area contributed by atoms with Crippen molar-refractivity contribution in [2.45, 2.75) is 0 Å². The molecule has 2 heterocycles. The Hall–Kier alpha value is -7.11. The van der Waals surface area contributed by atoms with Gasteiger partial charge in [-0.1, -0.05) is 138 Å². The van der Waals surface area contributed by atoms with E-state index in [1.807, 2.05) is 72.8 Å². The van der Waals surface area contributed by atoms with Gasteiger partial charge in [-0.15, -0.1) is 16.4 Å². The van der Waals surface area contributed by atoms with Crippen LogP contribution in [0, 0.1) is 0 Å². The van der Waals surface area contributed by atoms with Gasteiger partial charge in [0.1, 0.15) is 50.4 Å². The number of nitrogens with zero attached hydrogens (tertiary/aromatic N) is 3. The van der Waals surface area contributed by atoms with E-state index in [2.05, 4.69) is 84.9 Å². The van der Waals surface area contributed by atoms with Crippen molar-refractivity contribution in [3.63, 3.8) is 0 Å². The van der Waals surface area contributed by atoms with Crippen LogP contribution in [0.25, 0.3) is 111 Å². The minimum absolute atomic E-state index is 0.161. The van der Waals surface area contributed by atoms with Gasteiger partial charge in [-0.25, -0.2) is 15.0 Å². The first-order chi connectivity index (χ1) is 29.3. The summed E-state index contributed by atoms with van der Waals surface area (Å²) in [6, 6.07) is 53.9. The molecule has 0 aliphatic carbocycles. The van der Waals surface area contributed by atoms with Crippen molar-refractivity contribution in [2.24, 2.45) is 0 Å². The summed E-state index contributed by atoms with van der Waals surface area (Å²) in [4.78, 5) is 15.0. The van der Waals surface area contributed by atoms with Crippen LogP contribution in [-0.2, 0) is 0 Å². The van der Waals surface area contributed by atoms with Crippen molar-refractivity contribution >= 4 is 121 Å². The van der Waals surface area contributed by atoms with E-state index in [4.69, 9.17) is 58.6 Å². The first kappa shape index (κ1) is 36.0. The Morgan fingerprint density at radius 2 is 0.800 bits per heavy atom. The van der Waals surface area contributed by atoms with Crippen molar-refractivity contribution in [3.8, 4) is 56.4 Å². The average Bonchev–Trinajstić information content (AvgIpc) is 3.69. The number of aromatic nitrogens is 3. The number of fused-ring (bicyclic) bond motifs is 9. The molecule has 0 aliphatic rings. The molecule has 0 bridgehead atoms. The Morgan fingerprint density at radius 1 is 0.317 bits per heavy atom. The summed E-state index contributed by atoms with van der Waals surface area (Å²) in [5.41, 5.74) is 8.29. The van der Waals surface area contributed by atoms with Crippen LogP contribution in [0.2, 0.25) is 0 Å². The van der Waals surface area contributed by atoms with Crippen LogP contribution in [0.1, 0.15) is 0 Å². The van der Waals surface area contributed by atoms with Crippen molar-refractivity contribution < 1.29 is 4.42 Å². The van der Waals surface area contributed by atoms with Gasteiger partial charge >= 0.3 is 0 Å². The summed E-state index contributed by atoms with van der Waals surface area (Å²) < 4.78 is 6.61. The smallest absolute Gasteiger partial charge is 0.164 e. The molecule has 2 aromatic heterocycles. The Bertz CT molecular complexity index is 3500. The quantitative estimate of drug-likeness (QED) is 0.135. The lowest BCUT2D eigenvalue weighted by molar-refractivity contribution is 0.669. The first-order valence-corrected chi connectivity index (χ1v) is 19.6. The summed E-state index contributed by atoms with van der Waals surface area (Å²) in [5.74, 6) is 1.46. The lowest BCUT2D eigenvalue weighted by Crippen LogP contribution is -2.55. The third-order valence-electron chi connectivity index (χ3n) is 11.6. The number of rotatable bonds is 5. The highest BCUT2D eigenvalue weighted by atomic mass is 16.3. The summed E-state index contributed by atoms with van der Waals surface area (Å²) in [6.45, 7) is 0. The van der Waals surface area contributed by atoms with Crippen molar-refractivity contribution in [2.75, 3.05) is 0 Å². The number of benzene rings is 9. The summed E-state index contributed by atoms with van der Waals surface area (Å²) in [6.07, 6.45) is 0. The molecule has 0 saturated heterocycles. The molecule has 266 valence electrons. The van der Waals surface area contributed by atoms with E-state index in [0.29, 0.717) is 34.2 Å². The summed E-state index contributed by atoms with van der Waals surface area (Å²) in [5, 5.41) is 9.46. The van der Waals surface area contributed by atoms with Gasteiger partial charge in [-0.05, 0) is 84.9 Å². The van der Waals surface area contributed by atoms with Crippen LogP contribution in [0.3, 0.4) is 0 Å². The minimum Gasteiger partial charge on any atom is -0.456 e. The topological polar surface area (TPSA) is 51.8 Å². The third-order valence-corrected chi connectivity index (χ3v) is 11.6. The molecule has 4 nitrogen and oxygen atoms in total. The van der Waals surface area contributed by atoms with Gasteiger partial charge in [0.2, 0.25) is 0 Å². The van der Waals surface area contributed by atoms with E-state index in [1.165, 1.54) is 32.3 Å². The Balaban J connectivity index is 1.05. The highest BCUT2D eigenvalue weighted by molar-refractivity contribution is 6.68. The van der Waals surface area contributed by atoms with Crippen molar-refractivity contribution in [1.82, 2.24) is 15.0 Å². The van der Waals surface area contributed by atoms with Crippen LogP contribution < -0.4 is 27.3 Å². The van der Waals surface area contributed by atoms with E-state index in [9.17, 15) is 0 Å². The molecular formula is C51H26B5N3O. The molecule has 9 aromatic carbocycles. The van der Waals surface area contributed by atoms with Crippen LogP contribution in [0.15, 0.2) is 162 Å². The Morgan fingerprint density at radius 3 is 1.47 bits per heavy atom. The van der Waals surface area contributed by atoms with Crippen LogP contribution in [-0.4, -0.2) is 54.2 Å². The van der Waals surface area contributed by atoms with Gasteiger partial charge in [-0.3, -0.25) is 0 Å². The predicted molar refractivity (Wildman–Crippen MR) is 254 cm³/mol. The molecule has 60 heavy (non-hydrogen) atoms. The molecule has 0 spiro atoms. The lowest BCUT2D eigenvalue weighted by atomic mass is 9.59. The fraction of sp³-hybridized carbons (Fsp3) is 0. The van der Waals surface area contributed by atoms with Crippen molar-refractivity contribution in [3.05, 3.63) is 158 Å². The summed E-state index contributed by atoms with van der Waals surface area (Å²) in [7, 11) is 31.5. The fourth-order valence-corrected chi connectivity index (χ4v) is 8.61. The molecule has 0 fully saturated rings. The molecule has 10 radical (unpaired) electrons. The molecule has 0 aliphatic heterocycles. The van der Waals surface area contributed by atoms with E-state index < -0.39 is 0 Å². The SMILES string of the molecule is [B]c1c([B])c([B])c(-c2cccc(-c3nc(-c4ccccc4)nc(-c4ccc5c(c4)oc4cccc(-c6ccc7c8ccccc8c8ccccc8c7c6)c45)n3)c2)c([B])c1[B]. The minimum atomic E-state index is 0.161.